The minimum Gasteiger partial charge on any atom is -0.427 e. The first-order valence-electron chi connectivity index (χ1n) is 5.54. The zero-order valence-corrected chi connectivity index (χ0v) is 11.9. The van der Waals surface area contributed by atoms with Gasteiger partial charge in [-0.05, 0) is 0 Å². The lowest BCUT2D eigenvalue weighted by atomic mass is 9.97. The largest absolute Gasteiger partial charge is 0.427 e. The van der Waals surface area contributed by atoms with E-state index >= 15 is 0 Å². The van der Waals surface area contributed by atoms with Crippen LogP contribution in [-0.2, 0) is 22.5 Å². The van der Waals surface area contributed by atoms with E-state index in [1.54, 1.807) is 7.05 Å². The zero-order chi connectivity index (χ0) is 14.3. The number of nitrogens with one attached hydrogen (secondary N) is 1. The average Bonchev–Trinajstić information content (AvgIpc) is 2.85. The molecule has 2 rings (SSSR count). The van der Waals surface area contributed by atoms with Crippen molar-refractivity contribution in [3.8, 4) is 0 Å². The third-order valence-electron chi connectivity index (χ3n) is 2.23. The number of nitrogens with zero attached hydrogens (tertiary/aromatic N) is 4. The molecule has 1 N–H and O–H groups in total. The van der Waals surface area contributed by atoms with E-state index < -0.39 is 10.0 Å². The molecular weight excluding hydrogens is 270 g/mol. The topological polar surface area (TPSA) is 103 Å². The van der Waals surface area contributed by atoms with E-state index in [0.29, 0.717) is 5.89 Å². The number of aryl methyl sites for hydroxylation is 1. The number of rotatable bonds is 3. The molecule has 9 heteroatoms. The van der Waals surface area contributed by atoms with Crippen molar-refractivity contribution in [2.45, 2.75) is 31.3 Å². The van der Waals surface area contributed by atoms with Crippen LogP contribution in [0.3, 0.4) is 0 Å². The second kappa shape index (κ2) is 4.34. The Morgan fingerprint density at radius 2 is 2.05 bits per heavy atom. The Balaban J connectivity index is 2.27. The van der Waals surface area contributed by atoms with Gasteiger partial charge in [0.2, 0.25) is 5.89 Å². The van der Waals surface area contributed by atoms with Gasteiger partial charge in [0.25, 0.3) is 15.1 Å². The highest BCUT2D eigenvalue weighted by atomic mass is 32.2. The van der Waals surface area contributed by atoms with Gasteiger partial charge in [-0.3, -0.25) is 9.40 Å². The summed E-state index contributed by atoms with van der Waals surface area (Å²) in [6, 6.07) is 0. The number of hydrogen-bond donors (Lipinski definition) is 1. The van der Waals surface area contributed by atoms with E-state index in [9.17, 15) is 8.42 Å². The summed E-state index contributed by atoms with van der Waals surface area (Å²) in [4.78, 5) is 3.97. The third kappa shape index (κ3) is 2.92. The second-order valence-corrected chi connectivity index (χ2v) is 6.73. The van der Waals surface area contributed by atoms with Gasteiger partial charge in [-0.15, -0.1) is 5.10 Å². The van der Waals surface area contributed by atoms with Crippen molar-refractivity contribution in [3.05, 3.63) is 18.3 Å². The maximum Gasteiger partial charge on any atom is 0.298 e. The lowest BCUT2D eigenvalue weighted by molar-refractivity contribution is 0.344. The summed E-state index contributed by atoms with van der Waals surface area (Å²) in [5, 5.41) is 7.03. The molecule has 2 aromatic rings. The van der Waals surface area contributed by atoms with Gasteiger partial charge in [-0.2, -0.15) is 8.42 Å². The van der Waals surface area contributed by atoms with Crippen LogP contribution < -0.4 is 4.72 Å². The zero-order valence-electron chi connectivity index (χ0n) is 11.1. The van der Waals surface area contributed by atoms with Gasteiger partial charge in [-0.1, -0.05) is 26.0 Å². The molecule has 2 aromatic heterocycles. The van der Waals surface area contributed by atoms with Gasteiger partial charge in [0, 0.05) is 12.5 Å². The van der Waals surface area contributed by atoms with Crippen molar-refractivity contribution < 1.29 is 12.8 Å². The van der Waals surface area contributed by atoms with Crippen LogP contribution >= 0.6 is 0 Å². The molecule has 0 unspecified atom stereocenters. The van der Waals surface area contributed by atoms with Gasteiger partial charge in [0.05, 0.1) is 12.4 Å². The van der Waals surface area contributed by atoms with Crippen molar-refractivity contribution in [2.75, 3.05) is 4.72 Å². The van der Waals surface area contributed by atoms with Crippen LogP contribution in [0.5, 0.6) is 0 Å². The standard InChI is InChI=1S/C10H15N5O3S/c1-10(2,3)9-11-5-8(18-9)19(16,17)13-7-6-15(4)14-12-7/h5-6,13H,1-4H3. The van der Waals surface area contributed by atoms with Crippen LogP contribution in [0.25, 0.3) is 0 Å². The van der Waals surface area contributed by atoms with Crippen LogP contribution in [0.1, 0.15) is 26.7 Å². The summed E-state index contributed by atoms with van der Waals surface area (Å²) in [5.74, 6) is 0.475. The fourth-order valence-corrected chi connectivity index (χ4v) is 2.16. The quantitative estimate of drug-likeness (QED) is 0.898. The predicted molar refractivity (Wildman–Crippen MR) is 67.0 cm³/mol. The Morgan fingerprint density at radius 1 is 1.37 bits per heavy atom. The first kappa shape index (κ1) is 13.5. The molecule has 19 heavy (non-hydrogen) atoms. The van der Waals surface area contributed by atoms with Crippen molar-refractivity contribution in [1.82, 2.24) is 20.0 Å². The van der Waals surface area contributed by atoms with Crippen molar-refractivity contribution >= 4 is 15.8 Å². The molecule has 0 fully saturated rings. The fraction of sp³-hybridized carbons (Fsp3) is 0.500. The normalized spacial score (nSPS) is 12.6. The van der Waals surface area contributed by atoms with E-state index in [2.05, 4.69) is 20.0 Å². The summed E-state index contributed by atoms with van der Waals surface area (Å²) in [6.45, 7) is 5.64. The fourth-order valence-electron chi connectivity index (χ4n) is 1.31. The molecule has 0 amide bonds. The number of oxazole rings is 1. The molecule has 0 saturated heterocycles. The molecule has 0 aliphatic heterocycles. The van der Waals surface area contributed by atoms with Crippen LogP contribution in [0, 0.1) is 0 Å². The molecule has 0 radical (unpaired) electrons. The Kier molecular flexibility index (Phi) is 3.09. The first-order valence-corrected chi connectivity index (χ1v) is 7.02. The van der Waals surface area contributed by atoms with Crippen LogP contribution in [0.15, 0.2) is 21.9 Å². The van der Waals surface area contributed by atoms with Crippen LogP contribution in [0.2, 0.25) is 0 Å². The highest BCUT2D eigenvalue weighted by molar-refractivity contribution is 7.92. The molecule has 104 valence electrons. The number of sulfonamides is 1. The van der Waals surface area contributed by atoms with E-state index in [4.69, 9.17) is 4.42 Å². The van der Waals surface area contributed by atoms with Crippen molar-refractivity contribution in [2.24, 2.45) is 7.05 Å². The number of anilines is 1. The summed E-state index contributed by atoms with van der Waals surface area (Å²) < 4.78 is 33.0. The SMILES string of the molecule is Cn1cc(NS(=O)(=O)c2cnc(C(C)(C)C)o2)nn1. The number of aromatic nitrogens is 4. The molecule has 0 spiro atoms. The highest BCUT2D eigenvalue weighted by Crippen LogP contribution is 2.24. The van der Waals surface area contributed by atoms with Crippen LogP contribution in [0.4, 0.5) is 5.82 Å². The first-order chi connectivity index (χ1) is 8.68. The highest BCUT2D eigenvalue weighted by Gasteiger charge is 2.26. The van der Waals surface area contributed by atoms with E-state index in [1.165, 1.54) is 17.1 Å². The number of hydrogen-bond acceptors (Lipinski definition) is 6. The molecule has 8 nitrogen and oxygen atoms in total. The smallest absolute Gasteiger partial charge is 0.298 e. The van der Waals surface area contributed by atoms with E-state index in [-0.39, 0.29) is 16.3 Å². The van der Waals surface area contributed by atoms with Gasteiger partial charge in [0.15, 0.2) is 5.82 Å². The Labute approximate surface area is 110 Å². The lowest BCUT2D eigenvalue weighted by Gasteiger charge is -2.12. The van der Waals surface area contributed by atoms with Crippen LogP contribution in [-0.4, -0.2) is 28.4 Å². The molecule has 2 heterocycles. The minimum absolute atomic E-state index is 0.121. The van der Waals surface area contributed by atoms with Gasteiger partial charge >= 0.3 is 0 Å². The monoisotopic (exact) mass is 285 g/mol. The Hall–Kier alpha value is -1.90. The minimum atomic E-state index is -3.83. The molecule has 0 aliphatic rings. The van der Waals surface area contributed by atoms with Gasteiger partial charge in [-0.25, -0.2) is 4.98 Å². The van der Waals surface area contributed by atoms with E-state index in [0.717, 1.165) is 0 Å². The molecule has 0 aromatic carbocycles. The molecule has 0 saturated carbocycles. The predicted octanol–water partition coefficient (Wildman–Crippen LogP) is 0.901. The van der Waals surface area contributed by atoms with E-state index in [1.807, 2.05) is 20.8 Å². The second-order valence-electron chi connectivity index (χ2n) is 5.12. The van der Waals surface area contributed by atoms with Gasteiger partial charge < -0.3 is 4.42 Å². The third-order valence-corrected chi connectivity index (χ3v) is 3.43. The summed E-state index contributed by atoms with van der Waals surface area (Å²) >= 11 is 0. The summed E-state index contributed by atoms with van der Waals surface area (Å²) in [5.41, 5.74) is -0.361. The molecule has 0 bridgehead atoms. The maximum absolute atomic E-state index is 12.0. The summed E-state index contributed by atoms with van der Waals surface area (Å²) in [7, 11) is -2.20. The summed E-state index contributed by atoms with van der Waals surface area (Å²) in [6.07, 6.45) is 2.62. The molecule has 0 atom stereocenters. The molecule has 0 aliphatic carbocycles. The lowest BCUT2D eigenvalue weighted by Crippen LogP contribution is -2.13. The van der Waals surface area contributed by atoms with Gasteiger partial charge in [0.1, 0.15) is 0 Å². The Bertz CT molecular complexity index is 680. The van der Waals surface area contributed by atoms with Crippen molar-refractivity contribution in [1.29, 1.82) is 0 Å². The van der Waals surface area contributed by atoms with Crippen molar-refractivity contribution in [3.63, 3.8) is 0 Å². The molecular formula is C10H15N5O3S. The Morgan fingerprint density at radius 3 is 2.53 bits per heavy atom. The average molecular weight is 285 g/mol. The maximum atomic E-state index is 12.0.